The van der Waals surface area contributed by atoms with Gasteiger partial charge < -0.3 is 14.5 Å². The van der Waals surface area contributed by atoms with Gasteiger partial charge in [0.25, 0.3) is 5.91 Å². The summed E-state index contributed by atoms with van der Waals surface area (Å²) in [5.74, 6) is 0.205. The summed E-state index contributed by atoms with van der Waals surface area (Å²) in [6, 6.07) is 13.9. The van der Waals surface area contributed by atoms with E-state index >= 15 is 0 Å². The monoisotopic (exact) mass is 398 g/mol. The van der Waals surface area contributed by atoms with Gasteiger partial charge in [-0.25, -0.2) is 0 Å². The second-order valence-corrected chi connectivity index (χ2v) is 8.59. The Bertz CT molecular complexity index is 814. The van der Waals surface area contributed by atoms with E-state index in [0.29, 0.717) is 26.2 Å². The van der Waals surface area contributed by atoms with Crippen LogP contribution in [0.2, 0.25) is 0 Å². The lowest BCUT2D eigenvalue weighted by molar-refractivity contribution is -0.134. The fourth-order valence-corrected chi connectivity index (χ4v) is 5.32. The molecule has 1 spiro atoms. The highest BCUT2D eigenvalue weighted by molar-refractivity contribution is 7.12. The molecular weight excluding hydrogens is 372 g/mol. The van der Waals surface area contributed by atoms with Gasteiger partial charge in [0.2, 0.25) is 5.91 Å². The molecule has 4 rings (SSSR count). The van der Waals surface area contributed by atoms with E-state index in [4.69, 9.17) is 4.74 Å². The van der Waals surface area contributed by atoms with Crippen molar-refractivity contribution < 1.29 is 14.3 Å². The maximum absolute atomic E-state index is 13.3. The van der Waals surface area contributed by atoms with Crippen LogP contribution in [-0.2, 0) is 9.53 Å². The number of nitrogens with zero attached hydrogens (tertiary/aromatic N) is 2. The van der Waals surface area contributed by atoms with E-state index in [9.17, 15) is 9.59 Å². The van der Waals surface area contributed by atoms with Crippen molar-refractivity contribution in [1.29, 1.82) is 0 Å². The van der Waals surface area contributed by atoms with E-state index in [0.717, 1.165) is 29.7 Å². The minimum absolute atomic E-state index is 0.0994. The highest BCUT2D eigenvalue weighted by Gasteiger charge is 2.52. The Kier molecular flexibility index (Phi) is 5.51. The predicted octanol–water partition coefficient (Wildman–Crippen LogP) is 3.39. The molecule has 2 aromatic rings. The zero-order valence-corrected chi connectivity index (χ0v) is 17.0. The molecule has 1 aromatic heterocycles. The van der Waals surface area contributed by atoms with Crippen LogP contribution in [0.3, 0.4) is 0 Å². The van der Waals surface area contributed by atoms with Gasteiger partial charge in [-0.15, -0.1) is 11.3 Å². The van der Waals surface area contributed by atoms with Crippen LogP contribution in [-0.4, -0.2) is 60.5 Å². The predicted molar refractivity (Wildman–Crippen MR) is 110 cm³/mol. The molecule has 2 aliphatic heterocycles. The quantitative estimate of drug-likeness (QED) is 0.776. The number of carbonyl (C=O) groups is 2. The lowest BCUT2D eigenvalue weighted by Gasteiger charge is -2.44. The zero-order valence-electron chi connectivity index (χ0n) is 16.2. The number of methoxy groups -OCH3 is 1. The Morgan fingerprint density at radius 2 is 1.93 bits per heavy atom. The van der Waals surface area contributed by atoms with Crippen molar-refractivity contribution in [2.45, 2.75) is 30.7 Å². The maximum Gasteiger partial charge on any atom is 0.263 e. The number of piperidine rings is 1. The number of hydrogen-bond acceptors (Lipinski definition) is 4. The molecule has 0 radical (unpaired) electrons. The number of thiophene rings is 1. The van der Waals surface area contributed by atoms with Crippen LogP contribution >= 0.6 is 11.3 Å². The third-order valence-electron chi connectivity index (χ3n) is 6.16. The Hall–Kier alpha value is -2.18. The van der Waals surface area contributed by atoms with Gasteiger partial charge in [0.05, 0.1) is 17.4 Å². The number of amides is 2. The molecule has 28 heavy (non-hydrogen) atoms. The standard InChI is InChI=1S/C22H26N2O3S/c1-27-14-13-24-20(25)18(17-6-3-2-4-7-17)16-22(24)9-11-23(12-10-22)21(26)19-8-5-15-28-19/h2-8,15,18H,9-14,16H2,1H3. The third-order valence-corrected chi connectivity index (χ3v) is 7.01. The van der Waals surface area contributed by atoms with Gasteiger partial charge in [0.1, 0.15) is 0 Å². The summed E-state index contributed by atoms with van der Waals surface area (Å²) in [5.41, 5.74) is 0.909. The molecule has 0 aliphatic carbocycles. The lowest BCUT2D eigenvalue weighted by atomic mass is 9.81. The van der Waals surface area contributed by atoms with Crippen LogP contribution in [0.4, 0.5) is 0 Å². The smallest absolute Gasteiger partial charge is 0.263 e. The van der Waals surface area contributed by atoms with E-state index in [1.807, 2.05) is 57.6 Å². The molecular formula is C22H26N2O3S. The Labute approximate surface area is 169 Å². The Balaban J connectivity index is 1.53. The van der Waals surface area contributed by atoms with Crippen molar-refractivity contribution in [3.05, 3.63) is 58.3 Å². The van der Waals surface area contributed by atoms with Crippen LogP contribution in [0.1, 0.15) is 40.4 Å². The molecule has 2 saturated heterocycles. The Morgan fingerprint density at radius 3 is 2.57 bits per heavy atom. The first-order valence-electron chi connectivity index (χ1n) is 9.83. The minimum atomic E-state index is -0.178. The number of hydrogen-bond donors (Lipinski definition) is 0. The van der Waals surface area contributed by atoms with Crippen LogP contribution < -0.4 is 0 Å². The zero-order chi connectivity index (χ0) is 19.6. The van der Waals surface area contributed by atoms with E-state index in [1.165, 1.54) is 11.3 Å². The summed E-state index contributed by atoms with van der Waals surface area (Å²) in [4.78, 5) is 30.8. The lowest BCUT2D eigenvalue weighted by Crippen LogP contribution is -2.54. The first-order valence-corrected chi connectivity index (χ1v) is 10.7. The third kappa shape index (κ3) is 3.47. The number of carbonyl (C=O) groups excluding carboxylic acids is 2. The summed E-state index contributed by atoms with van der Waals surface area (Å²) in [5, 5.41) is 1.94. The SMILES string of the molecule is COCCN1C(=O)C(c2ccccc2)CC12CCN(C(=O)c1cccs1)CC2. The van der Waals surface area contributed by atoms with Gasteiger partial charge in [-0.1, -0.05) is 36.4 Å². The first kappa shape index (κ1) is 19.2. The molecule has 3 heterocycles. The van der Waals surface area contributed by atoms with Gasteiger partial charge in [-0.05, 0) is 36.3 Å². The summed E-state index contributed by atoms with van der Waals surface area (Å²) in [7, 11) is 1.67. The molecule has 1 unspecified atom stereocenters. The minimum Gasteiger partial charge on any atom is -0.383 e. The van der Waals surface area contributed by atoms with Crippen LogP contribution in [0.15, 0.2) is 47.8 Å². The van der Waals surface area contributed by atoms with Crippen molar-refractivity contribution in [1.82, 2.24) is 9.80 Å². The van der Waals surface area contributed by atoms with Gasteiger partial charge in [0, 0.05) is 32.3 Å². The topological polar surface area (TPSA) is 49.9 Å². The fourth-order valence-electron chi connectivity index (χ4n) is 4.63. The normalized spacial score (nSPS) is 21.5. The molecule has 0 saturated carbocycles. The number of ether oxygens (including phenoxy) is 1. The van der Waals surface area contributed by atoms with E-state index in [-0.39, 0.29) is 23.3 Å². The Morgan fingerprint density at radius 1 is 1.18 bits per heavy atom. The van der Waals surface area contributed by atoms with Gasteiger partial charge in [-0.2, -0.15) is 0 Å². The van der Waals surface area contributed by atoms with Gasteiger partial charge in [-0.3, -0.25) is 9.59 Å². The van der Waals surface area contributed by atoms with Crippen LogP contribution in [0.5, 0.6) is 0 Å². The molecule has 1 aromatic carbocycles. The van der Waals surface area contributed by atoms with Crippen molar-refractivity contribution in [2.75, 3.05) is 33.4 Å². The van der Waals surface area contributed by atoms with Crippen LogP contribution in [0.25, 0.3) is 0 Å². The number of benzene rings is 1. The number of likely N-dealkylation sites (tertiary alicyclic amines) is 2. The van der Waals surface area contributed by atoms with Crippen LogP contribution in [0, 0.1) is 0 Å². The molecule has 148 valence electrons. The second kappa shape index (κ2) is 8.05. The molecule has 2 fully saturated rings. The highest BCUT2D eigenvalue weighted by Crippen LogP contribution is 2.45. The van der Waals surface area contributed by atoms with Crippen molar-refractivity contribution >= 4 is 23.2 Å². The summed E-state index contributed by atoms with van der Waals surface area (Å²) < 4.78 is 5.28. The summed E-state index contributed by atoms with van der Waals surface area (Å²) in [6.07, 6.45) is 2.46. The van der Waals surface area contributed by atoms with E-state index < -0.39 is 0 Å². The molecule has 6 heteroatoms. The first-order chi connectivity index (χ1) is 13.6. The van der Waals surface area contributed by atoms with Crippen molar-refractivity contribution in [2.24, 2.45) is 0 Å². The molecule has 1 atom stereocenters. The largest absolute Gasteiger partial charge is 0.383 e. The second-order valence-electron chi connectivity index (χ2n) is 7.64. The van der Waals surface area contributed by atoms with E-state index in [1.54, 1.807) is 7.11 Å². The molecule has 5 nitrogen and oxygen atoms in total. The summed E-state index contributed by atoms with van der Waals surface area (Å²) in [6.45, 7) is 2.52. The number of rotatable bonds is 5. The van der Waals surface area contributed by atoms with Crippen molar-refractivity contribution in [3.8, 4) is 0 Å². The molecule has 0 bridgehead atoms. The highest BCUT2D eigenvalue weighted by atomic mass is 32.1. The average molecular weight is 399 g/mol. The van der Waals surface area contributed by atoms with Gasteiger partial charge in [0.15, 0.2) is 0 Å². The van der Waals surface area contributed by atoms with E-state index in [2.05, 4.69) is 0 Å². The van der Waals surface area contributed by atoms with Gasteiger partial charge >= 0.3 is 0 Å². The summed E-state index contributed by atoms with van der Waals surface area (Å²) >= 11 is 1.49. The average Bonchev–Trinajstić information content (AvgIpc) is 3.35. The maximum atomic E-state index is 13.3. The molecule has 2 aliphatic rings. The van der Waals surface area contributed by atoms with Crippen molar-refractivity contribution in [3.63, 3.8) is 0 Å². The molecule has 0 N–H and O–H groups in total. The fraction of sp³-hybridized carbons (Fsp3) is 0.455. The molecule has 2 amide bonds.